The van der Waals surface area contributed by atoms with Gasteiger partial charge in [0.05, 0.1) is 0 Å². The van der Waals surface area contributed by atoms with Crippen molar-refractivity contribution >= 4 is 10.9 Å². The summed E-state index contributed by atoms with van der Waals surface area (Å²) in [7, 11) is 4.39. The van der Waals surface area contributed by atoms with Gasteiger partial charge in [0.25, 0.3) is 0 Å². The molecule has 3 rings (SSSR count). The van der Waals surface area contributed by atoms with Crippen molar-refractivity contribution in [3.63, 3.8) is 0 Å². The number of benzene rings is 1. The molecular weight excluding hydrogens is 232 g/mol. The van der Waals surface area contributed by atoms with Crippen LogP contribution in [0, 0.1) is 13.8 Å². The maximum absolute atomic E-state index is 2.44. The Hall–Kier alpha value is -1.28. The first-order valence-electron chi connectivity index (χ1n) is 7.32. The van der Waals surface area contributed by atoms with E-state index in [4.69, 9.17) is 0 Å². The monoisotopic (exact) mass is 256 g/mol. The topological polar surface area (TPSA) is 8.17 Å². The van der Waals surface area contributed by atoms with Crippen LogP contribution in [-0.4, -0.2) is 29.6 Å². The molecule has 0 N–H and O–H groups in total. The largest absolute Gasteiger partial charge is 0.348 e. The predicted molar refractivity (Wildman–Crippen MR) is 81.9 cm³/mol. The van der Waals surface area contributed by atoms with E-state index < -0.39 is 0 Å². The van der Waals surface area contributed by atoms with E-state index in [-0.39, 0.29) is 0 Å². The summed E-state index contributed by atoms with van der Waals surface area (Å²) >= 11 is 0. The maximum Gasteiger partial charge on any atom is 0.0482 e. The lowest BCUT2D eigenvalue weighted by Crippen LogP contribution is -2.29. The van der Waals surface area contributed by atoms with Crippen molar-refractivity contribution in [1.82, 2.24) is 9.47 Å². The third-order valence-corrected chi connectivity index (χ3v) is 5.02. The molecule has 0 unspecified atom stereocenters. The minimum atomic E-state index is 0.750. The highest BCUT2D eigenvalue weighted by Crippen LogP contribution is 2.32. The van der Waals surface area contributed by atoms with Gasteiger partial charge in [-0.3, -0.25) is 0 Å². The highest BCUT2D eigenvalue weighted by atomic mass is 15.1. The Labute approximate surface area is 116 Å². The summed E-state index contributed by atoms with van der Waals surface area (Å²) in [4.78, 5) is 2.44. The van der Waals surface area contributed by atoms with Gasteiger partial charge in [-0.05, 0) is 76.0 Å². The van der Waals surface area contributed by atoms with Crippen molar-refractivity contribution in [1.29, 1.82) is 0 Å². The third kappa shape index (κ3) is 2.08. The number of likely N-dealkylation sites (tertiary alicyclic amines) is 1. The highest BCUT2D eigenvalue weighted by Gasteiger charge is 2.19. The number of hydrogen-bond donors (Lipinski definition) is 0. The van der Waals surface area contributed by atoms with Crippen molar-refractivity contribution in [2.75, 3.05) is 20.1 Å². The van der Waals surface area contributed by atoms with Gasteiger partial charge in [-0.25, -0.2) is 0 Å². The maximum atomic E-state index is 2.44. The second-order valence-electron chi connectivity index (χ2n) is 6.12. The van der Waals surface area contributed by atoms with Gasteiger partial charge < -0.3 is 9.47 Å². The van der Waals surface area contributed by atoms with Gasteiger partial charge in [-0.2, -0.15) is 0 Å². The molecule has 1 aromatic carbocycles. The summed E-state index contributed by atoms with van der Waals surface area (Å²) in [6.07, 6.45) is 2.60. The number of aromatic nitrogens is 1. The third-order valence-electron chi connectivity index (χ3n) is 5.02. The van der Waals surface area contributed by atoms with E-state index in [1.165, 1.54) is 53.7 Å². The molecule has 19 heavy (non-hydrogen) atoms. The Morgan fingerprint density at radius 1 is 1.05 bits per heavy atom. The summed E-state index contributed by atoms with van der Waals surface area (Å²) in [5.74, 6) is 0.750. The van der Waals surface area contributed by atoms with Crippen LogP contribution in [-0.2, 0) is 7.05 Å². The van der Waals surface area contributed by atoms with Gasteiger partial charge in [0.1, 0.15) is 0 Å². The van der Waals surface area contributed by atoms with E-state index in [1.807, 2.05) is 0 Å². The van der Waals surface area contributed by atoms with Crippen molar-refractivity contribution in [3.05, 3.63) is 35.0 Å². The Bertz CT molecular complexity index is 601. The first kappa shape index (κ1) is 12.7. The summed E-state index contributed by atoms with van der Waals surface area (Å²) in [6.45, 7) is 6.92. The average molecular weight is 256 g/mol. The zero-order chi connectivity index (χ0) is 13.6. The van der Waals surface area contributed by atoms with E-state index in [2.05, 4.69) is 55.6 Å². The van der Waals surface area contributed by atoms with Crippen LogP contribution in [0.5, 0.6) is 0 Å². The summed E-state index contributed by atoms with van der Waals surface area (Å²) in [5.41, 5.74) is 5.73. The molecule has 1 fully saturated rings. The molecule has 0 spiro atoms. The number of rotatable bonds is 1. The molecular formula is C17H24N2. The average Bonchev–Trinajstić information content (AvgIpc) is 2.64. The quantitative estimate of drug-likeness (QED) is 0.757. The number of nitrogens with zero attached hydrogens (tertiary/aromatic N) is 2. The Morgan fingerprint density at radius 2 is 1.74 bits per heavy atom. The summed E-state index contributed by atoms with van der Waals surface area (Å²) < 4.78 is 2.31. The smallest absolute Gasteiger partial charge is 0.0482 e. The Morgan fingerprint density at radius 3 is 2.42 bits per heavy atom. The van der Waals surface area contributed by atoms with E-state index in [0.29, 0.717) is 0 Å². The van der Waals surface area contributed by atoms with Crippen LogP contribution < -0.4 is 0 Å². The molecule has 0 aliphatic carbocycles. The van der Waals surface area contributed by atoms with Crippen molar-refractivity contribution in [3.8, 4) is 0 Å². The lowest BCUT2D eigenvalue weighted by molar-refractivity contribution is 0.255. The zero-order valence-electron chi connectivity index (χ0n) is 12.5. The molecule has 1 aromatic heterocycles. The van der Waals surface area contributed by atoms with E-state index in [9.17, 15) is 0 Å². The Kier molecular flexibility index (Phi) is 3.14. The lowest BCUT2D eigenvalue weighted by Gasteiger charge is -2.29. The normalized spacial score (nSPS) is 18.3. The van der Waals surface area contributed by atoms with Crippen molar-refractivity contribution < 1.29 is 0 Å². The molecule has 1 aliphatic heterocycles. The molecule has 0 saturated carbocycles. The molecule has 0 radical (unpaired) electrons. The first-order chi connectivity index (χ1) is 9.08. The zero-order valence-corrected chi connectivity index (χ0v) is 12.5. The minimum absolute atomic E-state index is 0.750. The lowest BCUT2D eigenvalue weighted by atomic mass is 9.89. The van der Waals surface area contributed by atoms with E-state index >= 15 is 0 Å². The number of piperidine rings is 1. The molecule has 2 heterocycles. The van der Waals surface area contributed by atoms with E-state index in [1.54, 1.807) is 0 Å². The molecule has 0 amide bonds. The molecule has 0 bridgehead atoms. The van der Waals surface area contributed by atoms with Gasteiger partial charge >= 0.3 is 0 Å². The predicted octanol–water partition coefficient (Wildman–Crippen LogP) is 3.60. The van der Waals surface area contributed by atoms with Crippen LogP contribution in [0.1, 0.15) is 35.6 Å². The summed E-state index contributed by atoms with van der Waals surface area (Å²) in [6, 6.07) is 7.09. The fraction of sp³-hybridized carbons (Fsp3) is 0.529. The fourth-order valence-corrected chi connectivity index (χ4v) is 3.37. The van der Waals surface area contributed by atoms with Crippen molar-refractivity contribution in [2.24, 2.45) is 7.05 Å². The van der Waals surface area contributed by atoms with Gasteiger partial charge in [-0.15, -0.1) is 0 Å². The molecule has 1 aliphatic rings. The number of fused-ring (bicyclic) bond motifs is 1. The van der Waals surface area contributed by atoms with Gasteiger partial charge in [0.15, 0.2) is 0 Å². The van der Waals surface area contributed by atoms with Gasteiger partial charge in [0, 0.05) is 23.6 Å². The summed E-state index contributed by atoms with van der Waals surface area (Å²) in [5, 5.41) is 1.44. The van der Waals surface area contributed by atoms with Crippen LogP contribution in [0.3, 0.4) is 0 Å². The standard InChI is InChI=1S/C17H24N2/c1-12-13(2)19(4)17-6-5-15(11-16(12)17)14-7-9-18(3)10-8-14/h5-6,11,14H,7-10H2,1-4H3. The van der Waals surface area contributed by atoms with Crippen LogP contribution in [0.2, 0.25) is 0 Å². The minimum Gasteiger partial charge on any atom is -0.348 e. The number of hydrogen-bond acceptors (Lipinski definition) is 1. The van der Waals surface area contributed by atoms with Gasteiger partial charge in [-0.1, -0.05) is 6.07 Å². The molecule has 2 nitrogen and oxygen atoms in total. The van der Waals surface area contributed by atoms with Crippen LogP contribution in [0.25, 0.3) is 10.9 Å². The molecule has 2 aromatic rings. The van der Waals surface area contributed by atoms with Gasteiger partial charge in [0.2, 0.25) is 0 Å². The second kappa shape index (κ2) is 4.68. The first-order valence-corrected chi connectivity index (χ1v) is 7.32. The van der Waals surface area contributed by atoms with E-state index in [0.717, 1.165) is 5.92 Å². The van der Waals surface area contributed by atoms with Crippen molar-refractivity contribution in [2.45, 2.75) is 32.6 Å². The molecule has 2 heteroatoms. The van der Waals surface area contributed by atoms with Crippen LogP contribution in [0.4, 0.5) is 0 Å². The van der Waals surface area contributed by atoms with Crippen LogP contribution >= 0.6 is 0 Å². The Balaban J connectivity index is 2.00. The van der Waals surface area contributed by atoms with Crippen LogP contribution in [0.15, 0.2) is 18.2 Å². The fourth-order valence-electron chi connectivity index (χ4n) is 3.37. The molecule has 102 valence electrons. The SMILES string of the molecule is Cc1c(C)n(C)c2ccc(C3CCN(C)CC3)cc12. The molecule has 0 atom stereocenters. The highest BCUT2D eigenvalue weighted by molar-refractivity contribution is 5.86. The number of aryl methyl sites for hydroxylation is 2. The second-order valence-corrected chi connectivity index (χ2v) is 6.12. The molecule has 1 saturated heterocycles.